The average Bonchev–Trinajstić information content (AvgIpc) is 3.46. The molecular weight excluding hydrogens is 314 g/mol. The molecule has 2 saturated carbocycles. The Labute approximate surface area is 138 Å². The maximum absolute atomic E-state index is 12.2. The molecule has 0 spiro atoms. The van der Waals surface area contributed by atoms with Crippen LogP contribution in [-0.4, -0.2) is 32.6 Å². The highest BCUT2D eigenvalue weighted by molar-refractivity contribution is 7.99. The van der Waals surface area contributed by atoms with Gasteiger partial charge in [-0.3, -0.25) is 4.79 Å². The molecule has 1 amide bonds. The molecule has 23 heavy (non-hydrogen) atoms. The Morgan fingerprint density at radius 3 is 2.74 bits per heavy atom. The quantitative estimate of drug-likeness (QED) is 0.590. The van der Waals surface area contributed by atoms with E-state index in [1.54, 1.807) is 18.4 Å². The summed E-state index contributed by atoms with van der Waals surface area (Å²) in [5, 5.41) is 11.7. The van der Waals surface area contributed by atoms with E-state index in [9.17, 15) is 4.79 Å². The summed E-state index contributed by atoms with van der Waals surface area (Å²) in [7, 11) is 0. The second-order valence-corrected chi connectivity index (χ2v) is 7.15. The summed E-state index contributed by atoms with van der Waals surface area (Å²) in [6, 6.07) is 3.91. The fourth-order valence-electron chi connectivity index (χ4n) is 2.84. The van der Waals surface area contributed by atoms with Gasteiger partial charge in [0.2, 0.25) is 16.9 Å². The molecule has 122 valence electrons. The molecule has 0 radical (unpaired) electrons. The van der Waals surface area contributed by atoms with E-state index >= 15 is 0 Å². The number of amides is 1. The molecule has 2 heterocycles. The van der Waals surface area contributed by atoms with Crippen molar-refractivity contribution in [3.05, 3.63) is 18.4 Å². The number of aromatic nitrogens is 3. The molecule has 2 aromatic rings. The number of carbonyl (C=O) groups excluding carboxylic acids is 1. The first-order valence-electron chi connectivity index (χ1n) is 7.89. The number of hydrogen-bond donors (Lipinski definition) is 2. The number of nitrogens with two attached hydrogens (primary N) is 1. The summed E-state index contributed by atoms with van der Waals surface area (Å²) >= 11 is 1.29. The Morgan fingerprint density at radius 1 is 1.39 bits per heavy atom. The SMILES string of the molecule is Nn1c(SCC(=O)NC(C2CC2)C2CC2)nnc1-c1ccco1. The van der Waals surface area contributed by atoms with Gasteiger partial charge >= 0.3 is 0 Å². The van der Waals surface area contributed by atoms with Crippen molar-refractivity contribution in [2.24, 2.45) is 11.8 Å². The van der Waals surface area contributed by atoms with Crippen LogP contribution in [0.2, 0.25) is 0 Å². The summed E-state index contributed by atoms with van der Waals surface area (Å²) in [5.74, 6) is 8.71. The molecule has 2 fully saturated rings. The Morgan fingerprint density at radius 2 is 2.13 bits per heavy atom. The summed E-state index contributed by atoms with van der Waals surface area (Å²) < 4.78 is 6.62. The van der Waals surface area contributed by atoms with Gasteiger partial charge in [-0.1, -0.05) is 11.8 Å². The van der Waals surface area contributed by atoms with Crippen LogP contribution < -0.4 is 11.2 Å². The van der Waals surface area contributed by atoms with Crippen molar-refractivity contribution in [2.45, 2.75) is 36.9 Å². The molecule has 3 N–H and O–H groups in total. The fraction of sp³-hybridized carbons (Fsp3) is 0.533. The van der Waals surface area contributed by atoms with Crippen LogP contribution in [-0.2, 0) is 4.79 Å². The normalized spacial score (nSPS) is 17.6. The van der Waals surface area contributed by atoms with Crippen LogP contribution in [0, 0.1) is 11.8 Å². The largest absolute Gasteiger partial charge is 0.461 e. The van der Waals surface area contributed by atoms with Crippen molar-refractivity contribution < 1.29 is 9.21 Å². The van der Waals surface area contributed by atoms with Crippen LogP contribution in [0.1, 0.15) is 25.7 Å². The molecule has 0 bridgehead atoms. The molecule has 2 aromatic heterocycles. The molecule has 7 nitrogen and oxygen atoms in total. The summed E-state index contributed by atoms with van der Waals surface area (Å²) in [6.07, 6.45) is 6.55. The van der Waals surface area contributed by atoms with Gasteiger partial charge in [0.25, 0.3) is 0 Å². The van der Waals surface area contributed by atoms with Crippen molar-refractivity contribution in [1.29, 1.82) is 0 Å². The Hall–Kier alpha value is -1.96. The van der Waals surface area contributed by atoms with Gasteiger partial charge in [-0.2, -0.15) is 0 Å². The minimum absolute atomic E-state index is 0.0429. The van der Waals surface area contributed by atoms with Gasteiger partial charge in [0.15, 0.2) is 5.76 Å². The number of thioether (sulfide) groups is 1. The molecule has 0 atom stereocenters. The second-order valence-electron chi connectivity index (χ2n) is 6.21. The van der Waals surface area contributed by atoms with Gasteiger partial charge in [-0.15, -0.1) is 10.2 Å². The molecular formula is C15H19N5O2S. The lowest BCUT2D eigenvalue weighted by atomic mass is 10.1. The van der Waals surface area contributed by atoms with Crippen molar-refractivity contribution in [3.8, 4) is 11.6 Å². The smallest absolute Gasteiger partial charge is 0.230 e. The van der Waals surface area contributed by atoms with Crippen LogP contribution >= 0.6 is 11.8 Å². The Balaban J connectivity index is 1.34. The molecule has 0 aromatic carbocycles. The zero-order valence-corrected chi connectivity index (χ0v) is 13.5. The topological polar surface area (TPSA) is 99.0 Å². The highest BCUT2D eigenvalue weighted by Gasteiger charge is 2.42. The van der Waals surface area contributed by atoms with Gasteiger partial charge in [-0.05, 0) is 49.7 Å². The minimum Gasteiger partial charge on any atom is -0.461 e. The number of nitrogens with one attached hydrogen (secondary N) is 1. The third-order valence-corrected chi connectivity index (χ3v) is 5.27. The highest BCUT2D eigenvalue weighted by Crippen LogP contribution is 2.44. The van der Waals surface area contributed by atoms with E-state index in [2.05, 4.69) is 15.5 Å². The number of nitrogen functional groups attached to an aromatic ring is 1. The van der Waals surface area contributed by atoms with Crippen LogP contribution in [0.4, 0.5) is 0 Å². The lowest BCUT2D eigenvalue weighted by Gasteiger charge is -2.17. The number of nitrogens with zero attached hydrogens (tertiary/aromatic N) is 3. The van der Waals surface area contributed by atoms with Gasteiger partial charge in [0, 0.05) is 6.04 Å². The van der Waals surface area contributed by atoms with Crippen LogP contribution in [0.5, 0.6) is 0 Å². The predicted octanol–water partition coefficient (Wildman–Crippen LogP) is 1.65. The molecule has 4 rings (SSSR count). The van der Waals surface area contributed by atoms with Crippen LogP contribution in [0.25, 0.3) is 11.6 Å². The predicted molar refractivity (Wildman–Crippen MR) is 86.0 cm³/mol. The summed E-state index contributed by atoms with van der Waals surface area (Å²) in [5.41, 5.74) is 0. The summed E-state index contributed by atoms with van der Waals surface area (Å²) in [4.78, 5) is 12.2. The van der Waals surface area contributed by atoms with Crippen LogP contribution in [0.3, 0.4) is 0 Å². The molecule has 8 heteroatoms. The first-order valence-corrected chi connectivity index (χ1v) is 8.87. The van der Waals surface area contributed by atoms with Crippen molar-refractivity contribution in [1.82, 2.24) is 20.2 Å². The first kappa shape index (κ1) is 14.6. The Kier molecular flexibility index (Phi) is 3.76. The fourth-order valence-corrected chi connectivity index (χ4v) is 3.51. The van der Waals surface area contributed by atoms with E-state index in [0.717, 1.165) is 0 Å². The molecule has 2 aliphatic carbocycles. The molecule has 2 aliphatic rings. The molecule has 0 aliphatic heterocycles. The monoisotopic (exact) mass is 333 g/mol. The van der Waals surface area contributed by atoms with E-state index in [-0.39, 0.29) is 5.91 Å². The maximum atomic E-state index is 12.2. The lowest BCUT2D eigenvalue weighted by Crippen LogP contribution is -2.39. The van der Waals surface area contributed by atoms with E-state index in [1.807, 2.05) is 0 Å². The third kappa shape index (κ3) is 3.21. The molecule has 0 unspecified atom stereocenters. The second kappa shape index (κ2) is 5.92. The van der Waals surface area contributed by atoms with Crippen molar-refractivity contribution >= 4 is 17.7 Å². The zero-order valence-electron chi connectivity index (χ0n) is 12.6. The van der Waals surface area contributed by atoms with Gasteiger partial charge in [0.1, 0.15) is 0 Å². The number of furan rings is 1. The van der Waals surface area contributed by atoms with Gasteiger partial charge < -0.3 is 15.6 Å². The zero-order chi connectivity index (χ0) is 15.8. The number of rotatable bonds is 7. The van der Waals surface area contributed by atoms with E-state index in [1.165, 1.54) is 42.1 Å². The standard InChI is InChI=1S/C15H19N5O2S/c16-20-14(11-2-1-7-22-11)18-19-15(20)23-8-12(21)17-13(9-3-4-9)10-5-6-10/h1-2,7,9-10,13H,3-6,8,16H2,(H,17,21). The van der Waals surface area contributed by atoms with Gasteiger partial charge in [0.05, 0.1) is 12.0 Å². The Bertz CT molecular complexity index is 679. The van der Waals surface area contributed by atoms with Crippen molar-refractivity contribution in [2.75, 3.05) is 11.6 Å². The average molecular weight is 333 g/mol. The lowest BCUT2D eigenvalue weighted by molar-refractivity contribution is -0.119. The first-order chi connectivity index (χ1) is 11.2. The minimum atomic E-state index is 0.0429. The van der Waals surface area contributed by atoms with E-state index < -0.39 is 0 Å². The molecule has 0 saturated heterocycles. The van der Waals surface area contributed by atoms with Crippen LogP contribution in [0.15, 0.2) is 28.0 Å². The third-order valence-electron chi connectivity index (χ3n) is 4.33. The number of carbonyl (C=O) groups is 1. The van der Waals surface area contributed by atoms with Crippen molar-refractivity contribution in [3.63, 3.8) is 0 Å². The van der Waals surface area contributed by atoms with E-state index in [4.69, 9.17) is 10.3 Å². The maximum Gasteiger partial charge on any atom is 0.230 e. The highest BCUT2D eigenvalue weighted by atomic mass is 32.2. The summed E-state index contributed by atoms with van der Waals surface area (Å²) in [6.45, 7) is 0. The van der Waals surface area contributed by atoms with E-state index in [0.29, 0.717) is 40.4 Å². The van der Waals surface area contributed by atoms with Gasteiger partial charge in [-0.25, -0.2) is 4.68 Å². The number of hydrogen-bond acceptors (Lipinski definition) is 6.